The summed E-state index contributed by atoms with van der Waals surface area (Å²) >= 11 is 0. The van der Waals surface area contributed by atoms with Crippen molar-refractivity contribution in [1.29, 1.82) is 0 Å². The van der Waals surface area contributed by atoms with Gasteiger partial charge in [-0.15, -0.1) is 0 Å². The molecule has 0 spiro atoms. The van der Waals surface area contributed by atoms with Crippen LogP contribution in [0.5, 0.6) is 0 Å². The standard InChI is InChI=1S/C10H18O/c1-4-10(3)7-5-6-9(11)8(10)2/h8H,4-7H2,1-3H3/t8?,10-/m1/s1. The molecule has 1 fully saturated rings. The van der Waals surface area contributed by atoms with Crippen LogP contribution in [0.3, 0.4) is 0 Å². The molecule has 0 aromatic heterocycles. The molecule has 0 aliphatic heterocycles. The number of Topliss-reactive ketones (excluding diaryl/α,β-unsaturated/α-hetero) is 1. The Balaban J connectivity index is 2.72. The molecule has 11 heavy (non-hydrogen) atoms. The van der Waals surface area contributed by atoms with E-state index in [4.69, 9.17) is 0 Å². The average molecular weight is 154 g/mol. The SMILES string of the molecule is CC[C@]1(C)CCCC(=O)C1C. The topological polar surface area (TPSA) is 17.1 Å². The zero-order valence-corrected chi connectivity index (χ0v) is 7.81. The first kappa shape index (κ1) is 8.76. The third-order valence-electron chi connectivity index (χ3n) is 3.51. The van der Waals surface area contributed by atoms with Gasteiger partial charge in [-0.2, -0.15) is 0 Å². The van der Waals surface area contributed by atoms with Crippen LogP contribution in [0.2, 0.25) is 0 Å². The van der Waals surface area contributed by atoms with Crippen LogP contribution in [0, 0.1) is 11.3 Å². The Hall–Kier alpha value is -0.330. The Morgan fingerprint density at radius 1 is 1.64 bits per heavy atom. The molecule has 1 rings (SSSR count). The van der Waals surface area contributed by atoms with Gasteiger partial charge in [-0.05, 0) is 18.3 Å². The third-order valence-corrected chi connectivity index (χ3v) is 3.51. The van der Waals surface area contributed by atoms with Crippen LogP contribution in [-0.2, 0) is 4.79 Å². The lowest BCUT2D eigenvalue weighted by Crippen LogP contribution is -2.34. The number of hydrogen-bond donors (Lipinski definition) is 0. The van der Waals surface area contributed by atoms with Crippen molar-refractivity contribution in [3.63, 3.8) is 0 Å². The molecule has 2 atom stereocenters. The van der Waals surface area contributed by atoms with Gasteiger partial charge < -0.3 is 0 Å². The fraction of sp³-hybridized carbons (Fsp3) is 0.900. The summed E-state index contributed by atoms with van der Waals surface area (Å²) in [5.41, 5.74) is 0.301. The number of hydrogen-bond acceptors (Lipinski definition) is 1. The van der Waals surface area contributed by atoms with Crippen LogP contribution in [-0.4, -0.2) is 5.78 Å². The zero-order chi connectivity index (χ0) is 8.48. The number of carbonyl (C=O) groups is 1. The Bertz CT molecular complexity index is 162. The maximum atomic E-state index is 11.4. The molecule has 1 nitrogen and oxygen atoms in total. The minimum atomic E-state index is 0.293. The highest BCUT2D eigenvalue weighted by molar-refractivity contribution is 5.82. The Kier molecular flexibility index (Phi) is 2.36. The van der Waals surface area contributed by atoms with Gasteiger partial charge in [0.1, 0.15) is 5.78 Å². The fourth-order valence-electron chi connectivity index (χ4n) is 1.97. The fourth-order valence-corrected chi connectivity index (χ4v) is 1.97. The molecule has 0 bridgehead atoms. The molecule has 64 valence electrons. The van der Waals surface area contributed by atoms with Gasteiger partial charge in [-0.1, -0.05) is 27.2 Å². The van der Waals surface area contributed by atoms with E-state index in [1.165, 1.54) is 6.42 Å². The van der Waals surface area contributed by atoms with Crippen molar-refractivity contribution in [2.45, 2.75) is 46.5 Å². The third kappa shape index (κ3) is 1.47. The predicted molar refractivity (Wildman–Crippen MR) is 46.4 cm³/mol. The first-order valence-electron chi connectivity index (χ1n) is 4.63. The largest absolute Gasteiger partial charge is 0.299 e. The zero-order valence-electron chi connectivity index (χ0n) is 7.81. The van der Waals surface area contributed by atoms with E-state index in [2.05, 4.69) is 20.8 Å². The monoisotopic (exact) mass is 154 g/mol. The lowest BCUT2D eigenvalue weighted by molar-refractivity contribution is -0.129. The van der Waals surface area contributed by atoms with Crippen LogP contribution >= 0.6 is 0 Å². The molecule has 0 aromatic carbocycles. The lowest BCUT2D eigenvalue weighted by Gasteiger charge is -2.37. The van der Waals surface area contributed by atoms with Crippen LogP contribution < -0.4 is 0 Å². The molecule has 0 heterocycles. The first-order chi connectivity index (χ1) is 5.10. The summed E-state index contributed by atoms with van der Waals surface area (Å²) in [5, 5.41) is 0. The van der Waals surface area contributed by atoms with E-state index < -0.39 is 0 Å². The normalized spacial score (nSPS) is 39.2. The van der Waals surface area contributed by atoms with Crippen LogP contribution in [0.1, 0.15) is 46.5 Å². The van der Waals surface area contributed by atoms with E-state index in [9.17, 15) is 4.79 Å². The molecule has 0 saturated heterocycles. The van der Waals surface area contributed by atoms with Crippen molar-refractivity contribution in [2.24, 2.45) is 11.3 Å². The number of ketones is 1. The molecule has 1 aliphatic rings. The lowest BCUT2D eigenvalue weighted by atomic mass is 9.66. The van der Waals surface area contributed by atoms with Crippen LogP contribution in [0.25, 0.3) is 0 Å². The van der Waals surface area contributed by atoms with Gasteiger partial charge in [0.25, 0.3) is 0 Å². The highest BCUT2D eigenvalue weighted by Crippen LogP contribution is 2.41. The molecule has 0 amide bonds. The van der Waals surface area contributed by atoms with Gasteiger partial charge in [0.05, 0.1) is 0 Å². The molecule has 1 unspecified atom stereocenters. The van der Waals surface area contributed by atoms with Gasteiger partial charge in [-0.3, -0.25) is 4.79 Å². The summed E-state index contributed by atoms with van der Waals surface area (Å²) in [7, 11) is 0. The van der Waals surface area contributed by atoms with Crippen LogP contribution in [0.15, 0.2) is 0 Å². The van der Waals surface area contributed by atoms with E-state index in [0.29, 0.717) is 17.1 Å². The van der Waals surface area contributed by atoms with Gasteiger partial charge >= 0.3 is 0 Å². The van der Waals surface area contributed by atoms with E-state index in [1.54, 1.807) is 0 Å². The Morgan fingerprint density at radius 2 is 2.27 bits per heavy atom. The van der Waals surface area contributed by atoms with Crippen molar-refractivity contribution in [3.05, 3.63) is 0 Å². The minimum Gasteiger partial charge on any atom is -0.299 e. The van der Waals surface area contributed by atoms with E-state index in [0.717, 1.165) is 19.3 Å². The minimum absolute atomic E-state index is 0.293. The average Bonchev–Trinajstić information content (AvgIpc) is 2.00. The quantitative estimate of drug-likeness (QED) is 0.567. The number of rotatable bonds is 1. The summed E-state index contributed by atoms with van der Waals surface area (Å²) in [6.07, 6.45) is 4.29. The van der Waals surface area contributed by atoms with E-state index in [-0.39, 0.29) is 0 Å². The molecule has 0 aromatic rings. The smallest absolute Gasteiger partial charge is 0.136 e. The molecule has 1 saturated carbocycles. The summed E-state index contributed by atoms with van der Waals surface area (Å²) in [6, 6.07) is 0. The maximum absolute atomic E-state index is 11.4. The van der Waals surface area contributed by atoms with Gasteiger partial charge in [0.2, 0.25) is 0 Å². The van der Waals surface area contributed by atoms with Crippen molar-refractivity contribution >= 4 is 5.78 Å². The molecule has 0 radical (unpaired) electrons. The summed E-state index contributed by atoms with van der Waals surface area (Å²) in [4.78, 5) is 11.4. The maximum Gasteiger partial charge on any atom is 0.136 e. The van der Waals surface area contributed by atoms with E-state index >= 15 is 0 Å². The Labute approximate surface area is 69.2 Å². The highest BCUT2D eigenvalue weighted by Gasteiger charge is 2.36. The van der Waals surface area contributed by atoms with Crippen molar-refractivity contribution in [2.75, 3.05) is 0 Å². The second kappa shape index (κ2) is 2.96. The molecule has 1 heteroatoms. The van der Waals surface area contributed by atoms with Gasteiger partial charge in [0, 0.05) is 12.3 Å². The molecular formula is C10H18O. The van der Waals surface area contributed by atoms with E-state index in [1.807, 2.05) is 0 Å². The van der Waals surface area contributed by atoms with Crippen molar-refractivity contribution in [1.82, 2.24) is 0 Å². The molecule has 1 aliphatic carbocycles. The summed E-state index contributed by atoms with van der Waals surface area (Å²) < 4.78 is 0. The Morgan fingerprint density at radius 3 is 2.73 bits per heavy atom. The predicted octanol–water partition coefficient (Wildman–Crippen LogP) is 2.79. The first-order valence-corrected chi connectivity index (χ1v) is 4.63. The summed E-state index contributed by atoms with van der Waals surface area (Å²) in [5.74, 6) is 0.766. The summed E-state index contributed by atoms with van der Waals surface area (Å²) in [6.45, 7) is 6.52. The highest BCUT2D eigenvalue weighted by atomic mass is 16.1. The van der Waals surface area contributed by atoms with Crippen molar-refractivity contribution in [3.8, 4) is 0 Å². The molecule has 0 N–H and O–H groups in total. The molecular weight excluding hydrogens is 136 g/mol. The second-order valence-electron chi connectivity index (χ2n) is 4.05. The second-order valence-corrected chi connectivity index (χ2v) is 4.05. The van der Waals surface area contributed by atoms with Crippen molar-refractivity contribution < 1.29 is 4.79 Å². The van der Waals surface area contributed by atoms with Crippen LogP contribution in [0.4, 0.5) is 0 Å². The number of carbonyl (C=O) groups excluding carboxylic acids is 1. The van der Waals surface area contributed by atoms with Gasteiger partial charge in [0.15, 0.2) is 0 Å². The van der Waals surface area contributed by atoms with Gasteiger partial charge in [-0.25, -0.2) is 0 Å².